The molecule has 0 amide bonds. The van der Waals surface area contributed by atoms with Gasteiger partial charge in [0.15, 0.2) is 0 Å². The van der Waals surface area contributed by atoms with Crippen molar-refractivity contribution in [1.82, 2.24) is 5.32 Å². The number of hydrogen-bond acceptors (Lipinski definition) is 1. The molecule has 108 valence electrons. The Morgan fingerprint density at radius 1 is 1.19 bits per heavy atom. The zero-order chi connectivity index (χ0) is 14.7. The van der Waals surface area contributed by atoms with E-state index in [-0.39, 0.29) is 0 Å². The molecule has 2 aliphatic rings. The first-order valence-electron chi connectivity index (χ1n) is 7.82. The van der Waals surface area contributed by atoms with Crippen LogP contribution in [0, 0.1) is 5.92 Å². The minimum absolute atomic E-state index is 0.323. The first-order valence-corrected chi connectivity index (χ1v) is 7.82. The Kier molecular flexibility index (Phi) is 4.10. The van der Waals surface area contributed by atoms with Gasteiger partial charge in [0.1, 0.15) is 0 Å². The molecule has 1 aromatic rings. The van der Waals surface area contributed by atoms with Crippen LogP contribution in [-0.4, -0.2) is 6.04 Å². The number of hydrogen-bond donors (Lipinski definition) is 1. The molecule has 0 spiro atoms. The van der Waals surface area contributed by atoms with Crippen LogP contribution >= 0.6 is 0 Å². The van der Waals surface area contributed by atoms with Crippen LogP contribution in [0.4, 0.5) is 0 Å². The average Bonchev–Trinajstić information content (AvgIpc) is 3.38. The van der Waals surface area contributed by atoms with E-state index in [0.717, 1.165) is 5.92 Å². The summed E-state index contributed by atoms with van der Waals surface area (Å²) in [5, 5.41) is 3.46. The van der Waals surface area contributed by atoms with Gasteiger partial charge in [0.2, 0.25) is 0 Å². The zero-order valence-electron chi connectivity index (χ0n) is 12.8. The summed E-state index contributed by atoms with van der Waals surface area (Å²) in [6, 6.07) is 10.9. The molecule has 21 heavy (non-hydrogen) atoms. The van der Waals surface area contributed by atoms with Gasteiger partial charge in [0.05, 0.1) is 6.04 Å². The average molecular weight is 277 g/mol. The van der Waals surface area contributed by atoms with Gasteiger partial charge in [0, 0.05) is 0 Å². The van der Waals surface area contributed by atoms with Gasteiger partial charge >= 0.3 is 0 Å². The molecule has 1 atom stereocenters. The predicted octanol–water partition coefficient (Wildman–Crippen LogP) is 4.86. The van der Waals surface area contributed by atoms with E-state index in [9.17, 15) is 0 Å². The molecule has 0 saturated heterocycles. The van der Waals surface area contributed by atoms with Gasteiger partial charge in [-0.3, -0.25) is 0 Å². The predicted molar refractivity (Wildman–Crippen MR) is 90.7 cm³/mol. The first kappa shape index (κ1) is 13.9. The van der Waals surface area contributed by atoms with E-state index in [4.69, 9.17) is 0 Å². The summed E-state index contributed by atoms with van der Waals surface area (Å²) in [4.78, 5) is 0. The van der Waals surface area contributed by atoms with E-state index in [2.05, 4.69) is 80.0 Å². The van der Waals surface area contributed by atoms with Crippen LogP contribution in [0.3, 0.4) is 0 Å². The van der Waals surface area contributed by atoms with Crippen molar-refractivity contribution in [3.05, 3.63) is 77.5 Å². The highest BCUT2D eigenvalue weighted by Gasteiger charge is 2.26. The Hall–Kier alpha value is -2.02. The Morgan fingerprint density at radius 3 is 2.62 bits per heavy atom. The van der Waals surface area contributed by atoms with E-state index < -0.39 is 0 Å². The van der Waals surface area contributed by atoms with Gasteiger partial charge in [-0.2, -0.15) is 0 Å². The molecule has 1 aliphatic heterocycles. The van der Waals surface area contributed by atoms with Gasteiger partial charge in [0.25, 0.3) is 0 Å². The second-order valence-electron chi connectivity index (χ2n) is 5.92. The molecule has 1 aliphatic carbocycles. The molecular formula is C20H23N. The number of dihydropyridines is 1. The largest absolute Gasteiger partial charge is 0.381 e. The minimum atomic E-state index is 0.323. The Morgan fingerprint density at radius 2 is 1.95 bits per heavy atom. The third-order valence-electron chi connectivity index (χ3n) is 4.25. The molecule has 1 aromatic carbocycles. The molecule has 1 saturated carbocycles. The maximum atomic E-state index is 3.46. The highest BCUT2D eigenvalue weighted by Crippen LogP contribution is 2.38. The maximum Gasteiger partial charge on any atom is 0.0658 e. The molecule has 1 heteroatoms. The van der Waals surface area contributed by atoms with Crippen molar-refractivity contribution in [3.63, 3.8) is 0 Å². The summed E-state index contributed by atoms with van der Waals surface area (Å²) in [5.74, 6) is 0.814. The second-order valence-corrected chi connectivity index (χ2v) is 5.92. The fraction of sp³-hybridized carbons (Fsp3) is 0.300. The van der Waals surface area contributed by atoms with Crippen molar-refractivity contribution in [1.29, 1.82) is 0 Å². The molecule has 0 bridgehead atoms. The molecule has 1 unspecified atom stereocenters. The Bertz CT molecular complexity index is 612. The fourth-order valence-electron chi connectivity index (χ4n) is 2.79. The molecule has 1 heterocycles. The third-order valence-corrected chi connectivity index (χ3v) is 4.25. The summed E-state index contributed by atoms with van der Waals surface area (Å²) in [5.41, 5.74) is 5.42. The van der Waals surface area contributed by atoms with E-state index >= 15 is 0 Å². The first-order chi connectivity index (χ1) is 10.3. The van der Waals surface area contributed by atoms with E-state index in [0.29, 0.717) is 6.04 Å². The van der Waals surface area contributed by atoms with Crippen LogP contribution in [0.2, 0.25) is 0 Å². The van der Waals surface area contributed by atoms with Crippen LogP contribution in [-0.2, 0) is 0 Å². The van der Waals surface area contributed by atoms with Gasteiger partial charge in [-0.15, -0.1) is 0 Å². The van der Waals surface area contributed by atoms with Crippen molar-refractivity contribution >= 4 is 5.57 Å². The number of benzene rings is 1. The summed E-state index contributed by atoms with van der Waals surface area (Å²) in [6.07, 6.45) is 13.9. The molecule has 3 rings (SSSR count). The smallest absolute Gasteiger partial charge is 0.0658 e. The highest BCUT2D eigenvalue weighted by molar-refractivity contribution is 5.74. The molecule has 0 aromatic heterocycles. The molecule has 0 radical (unpaired) electrons. The van der Waals surface area contributed by atoms with Crippen LogP contribution < -0.4 is 5.32 Å². The monoisotopic (exact) mass is 277 g/mol. The second kappa shape index (κ2) is 6.17. The molecular weight excluding hydrogens is 254 g/mol. The van der Waals surface area contributed by atoms with Crippen molar-refractivity contribution in [2.45, 2.75) is 32.7 Å². The van der Waals surface area contributed by atoms with Gasteiger partial charge in [-0.1, -0.05) is 48.6 Å². The lowest BCUT2D eigenvalue weighted by Gasteiger charge is -2.20. The van der Waals surface area contributed by atoms with Crippen LogP contribution in [0.1, 0.15) is 32.3 Å². The van der Waals surface area contributed by atoms with E-state index in [1.807, 2.05) is 0 Å². The minimum Gasteiger partial charge on any atom is -0.381 e. The quantitative estimate of drug-likeness (QED) is 0.775. The molecule has 1 N–H and O–H groups in total. The summed E-state index contributed by atoms with van der Waals surface area (Å²) >= 11 is 0. The number of rotatable bonds is 4. The topological polar surface area (TPSA) is 12.0 Å². The highest BCUT2D eigenvalue weighted by atomic mass is 14.9. The van der Waals surface area contributed by atoms with E-state index in [1.54, 1.807) is 0 Å². The van der Waals surface area contributed by atoms with Gasteiger partial charge < -0.3 is 5.32 Å². The summed E-state index contributed by atoms with van der Waals surface area (Å²) in [7, 11) is 0. The van der Waals surface area contributed by atoms with E-state index in [1.165, 1.54) is 35.1 Å². The van der Waals surface area contributed by atoms with Crippen molar-refractivity contribution in [2.75, 3.05) is 0 Å². The lowest BCUT2D eigenvalue weighted by Crippen LogP contribution is -2.26. The Balaban J connectivity index is 1.80. The lowest BCUT2D eigenvalue weighted by molar-refractivity contribution is 0.765. The van der Waals surface area contributed by atoms with Crippen LogP contribution in [0.25, 0.3) is 5.57 Å². The number of nitrogens with one attached hydrogen (secondary N) is 1. The number of allylic oxidation sites excluding steroid dienone is 5. The van der Waals surface area contributed by atoms with Crippen molar-refractivity contribution in [3.8, 4) is 0 Å². The maximum absolute atomic E-state index is 3.46. The van der Waals surface area contributed by atoms with Gasteiger partial charge in [-0.05, 0) is 67.2 Å². The third kappa shape index (κ3) is 3.36. The van der Waals surface area contributed by atoms with Crippen molar-refractivity contribution < 1.29 is 0 Å². The Labute approximate surface area is 127 Å². The molecule has 1 fully saturated rings. The fourth-order valence-corrected chi connectivity index (χ4v) is 2.79. The van der Waals surface area contributed by atoms with Crippen LogP contribution in [0.15, 0.2) is 72.0 Å². The SMILES string of the molecule is C/C=C(\C=C(/C)C1C=C(C2CC2)C=CN1)c1ccccc1. The molecule has 1 nitrogen and oxygen atoms in total. The summed E-state index contributed by atoms with van der Waals surface area (Å²) < 4.78 is 0. The zero-order valence-corrected chi connectivity index (χ0v) is 12.8. The summed E-state index contributed by atoms with van der Waals surface area (Å²) in [6.45, 7) is 4.32. The lowest BCUT2D eigenvalue weighted by atomic mass is 9.96. The van der Waals surface area contributed by atoms with Crippen molar-refractivity contribution in [2.24, 2.45) is 5.92 Å². The normalized spacial score (nSPS) is 22.8. The van der Waals surface area contributed by atoms with Crippen LogP contribution in [0.5, 0.6) is 0 Å². The van der Waals surface area contributed by atoms with Gasteiger partial charge in [-0.25, -0.2) is 0 Å². The standard InChI is InChI=1S/C20H23N/c1-3-16(17-7-5-4-6-8-17)13-15(2)20-14-19(11-12-21-20)18-9-10-18/h3-8,11-14,18,20-21H,9-10H2,1-2H3/b15-13+,16-3+.